The van der Waals surface area contributed by atoms with E-state index in [4.69, 9.17) is 10.2 Å². The number of hydrogen-bond donors (Lipinski definition) is 1. The molecule has 0 saturated carbocycles. The summed E-state index contributed by atoms with van der Waals surface area (Å²) in [6.45, 7) is 2.10. The Kier molecular flexibility index (Phi) is 1.50. The molecule has 2 nitrogen and oxygen atoms in total. The molecule has 2 N–H and O–H groups in total. The molecule has 0 fully saturated rings. The van der Waals surface area contributed by atoms with Crippen molar-refractivity contribution in [1.29, 1.82) is 0 Å². The smallest absolute Gasteiger partial charge is 0.109 e. The number of rotatable bonds is 1. The Bertz CT molecular complexity index is 265. The van der Waals surface area contributed by atoms with Crippen molar-refractivity contribution in [3.05, 3.63) is 23.2 Å². The Morgan fingerprint density at radius 3 is 3.18 bits per heavy atom. The van der Waals surface area contributed by atoms with E-state index in [2.05, 4.69) is 13.0 Å². The normalized spacial score (nSPS) is 22.2. The molecule has 1 aromatic rings. The summed E-state index contributed by atoms with van der Waals surface area (Å²) in [6.07, 6.45) is 3.05. The van der Waals surface area contributed by atoms with Gasteiger partial charge in [0.25, 0.3) is 0 Å². The van der Waals surface area contributed by atoms with Crippen LogP contribution < -0.4 is 5.73 Å². The summed E-state index contributed by atoms with van der Waals surface area (Å²) >= 11 is 0. The van der Waals surface area contributed by atoms with Crippen LogP contribution in [0.15, 0.2) is 10.5 Å². The SMILES string of the molecule is CCc1cc2c(o1)CCC2N. The van der Waals surface area contributed by atoms with Crippen LogP contribution in [-0.2, 0) is 12.8 Å². The first-order chi connectivity index (χ1) is 5.31. The number of fused-ring (bicyclic) bond motifs is 1. The van der Waals surface area contributed by atoms with Crippen LogP contribution in [0.3, 0.4) is 0 Å². The summed E-state index contributed by atoms with van der Waals surface area (Å²) in [5.74, 6) is 2.19. The minimum atomic E-state index is 0.231. The van der Waals surface area contributed by atoms with Crippen molar-refractivity contribution in [3.63, 3.8) is 0 Å². The zero-order valence-corrected chi connectivity index (χ0v) is 6.76. The Morgan fingerprint density at radius 2 is 2.55 bits per heavy atom. The Morgan fingerprint density at radius 1 is 1.73 bits per heavy atom. The van der Waals surface area contributed by atoms with Gasteiger partial charge in [-0.3, -0.25) is 0 Å². The van der Waals surface area contributed by atoms with E-state index in [0.29, 0.717) is 0 Å². The molecule has 1 heterocycles. The average molecular weight is 151 g/mol. The van der Waals surface area contributed by atoms with Gasteiger partial charge >= 0.3 is 0 Å². The first kappa shape index (κ1) is 6.92. The maximum atomic E-state index is 5.85. The molecule has 0 aliphatic heterocycles. The monoisotopic (exact) mass is 151 g/mol. The van der Waals surface area contributed by atoms with Crippen molar-refractivity contribution in [2.75, 3.05) is 0 Å². The summed E-state index contributed by atoms with van der Waals surface area (Å²) < 4.78 is 5.57. The largest absolute Gasteiger partial charge is 0.466 e. The van der Waals surface area contributed by atoms with Gasteiger partial charge in [-0.25, -0.2) is 0 Å². The summed E-state index contributed by atoms with van der Waals surface area (Å²) in [6, 6.07) is 2.33. The van der Waals surface area contributed by atoms with Gasteiger partial charge in [0.1, 0.15) is 11.5 Å². The molecular formula is C9H13NO. The lowest BCUT2D eigenvalue weighted by Gasteiger charge is -1.97. The highest BCUT2D eigenvalue weighted by molar-refractivity contribution is 5.29. The van der Waals surface area contributed by atoms with Crippen LogP contribution in [0.5, 0.6) is 0 Å². The van der Waals surface area contributed by atoms with Gasteiger partial charge in [0.05, 0.1) is 0 Å². The van der Waals surface area contributed by atoms with Gasteiger partial charge in [-0.05, 0) is 12.5 Å². The molecule has 2 heteroatoms. The average Bonchev–Trinajstić information content (AvgIpc) is 2.53. The number of nitrogens with two attached hydrogens (primary N) is 1. The molecule has 1 aromatic heterocycles. The fraction of sp³-hybridized carbons (Fsp3) is 0.556. The molecule has 1 aliphatic carbocycles. The van der Waals surface area contributed by atoms with E-state index >= 15 is 0 Å². The van der Waals surface area contributed by atoms with Crippen LogP contribution in [0, 0.1) is 0 Å². The zero-order chi connectivity index (χ0) is 7.84. The number of hydrogen-bond acceptors (Lipinski definition) is 2. The van der Waals surface area contributed by atoms with Crippen LogP contribution in [0.4, 0.5) is 0 Å². The second kappa shape index (κ2) is 2.38. The van der Waals surface area contributed by atoms with E-state index in [-0.39, 0.29) is 6.04 Å². The van der Waals surface area contributed by atoms with Crippen molar-refractivity contribution in [2.24, 2.45) is 5.73 Å². The molecule has 2 rings (SSSR count). The summed E-state index contributed by atoms with van der Waals surface area (Å²) in [7, 11) is 0. The van der Waals surface area contributed by atoms with E-state index in [0.717, 1.165) is 30.8 Å². The van der Waals surface area contributed by atoms with Gasteiger partial charge in [0.15, 0.2) is 0 Å². The van der Waals surface area contributed by atoms with E-state index in [1.165, 1.54) is 5.56 Å². The van der Waals surface area contributed by atoms with E-state index in [1.807, 2.05) is 0 Å². The summed E-state index contributed by atoms with van der Waals surface area (Å²) in [4.78, 5) is 0. The molecule has 0 saturated heterocycles. The lowest BCUT2D eigenvalue weighted by Crippen LogP contribution is -2.04. The van der Waals surface area contributed by atoms with E-state index in [9.17, 15) is 0 Å². The third-order valence-corrected chi connectivity index (χ3v) is 2.32. The molecular weight excluding hydrogens is 138 g/mol. The summed E-state index contributed by atoms with van der Waals surface area (Å²) in [5.41, 5.74) is 7.09. The first-order valence-corrected chi connectivity index (χ1v) is 4.18. The predicted molar refractivity (Wildman–Crippen MR) is 43.3 cm³/mol. The van der Waals surface area contributed by atoms with Gasteiger partial charge in [-0.2, -0.15) is 0 Å². The van der Waals surface area contributed by atoms with Crippen molar-refractivity contribution >= 4 is 0 Å². The van der Waals surface area contributed by atoms with Crippen LogP contribution in [-0.4, -0.2) is 0 Å². The van der Waals surface area contributed by atoms with E-state index < -0.39 is 0 Å². The highest BCUT2D eigenvalue weighted by atomic mass is 16.3. The molecule has 0 aromatic carbocycles. The van der Waals surface area contributed by atoms with Gasteiger partial charge in [0.2, 0.25) is 0 Å². The minimum Gasteiger partial charge on any atom is -0.466 e. The molecule has 1 aliphatic rings. The molecule has 0 bridgehead atoms. The number of furan rings is 1. The second-order valence-electron chi connectivity index (χ2n) is 3.09. The van der Waals surface area contributed by atoms with Crippen LogP contribution in [0.1, 0.15) is 36.5 Å². The maximum absolute atomic E-state index is 5.85. The van der Waals surface area contributed by atoms with Gasteiger partial charge in [0, 0.05) is 24.4 Å². The fourth-order valence-electron chi connectivity index (χ4n) is 1.63. The maximum Gasteiger partial charge on any atom is 0.109 e. The van der Waals surface area contributed by atoms with Crippen molar-refractivity contribution in [3.8, 4) is 0 Å². The molecule has 11 heavy (non-hydrogen) atoms. The zero-order valence-electron chi connectivity index (χ0n) is 6.76. The molecule has 1 atom stereocenters. The van der Waals surface area contributed by atoms with Gasteiger partial charge in [-0.1, -0.05) is 6.92 Å². The Balaban J connectivity index is 2.38. The van der Waals surface area contributed by atoms with Crippen LogP contribution in [0.2, 0.25) is 0 Å². The van der Waals surface area contributed by atoms with Crippen LogP contribution in [0.25, 0.3) is 0 Å². The molecule has 0 spiro atoms. The molecule has 0 amide bonds. The third kappa shape index (κ3) is 0.979. The van der Waals surface area contributed by atoms with Crippen LogP contribution >= 0.6 is 0 Å². The van der Waals surface area contributed by atoms with Crippen molar-refractivity contribution in [1.82, 2.24) is 0 Å². The fourth-order valence-corrected chi connectivity index (χ4v) is 1.63. The van der Waals surface area contributed by atoms with Gasteiger partial charge < -0.3 is 10.2 Å². The predicted octanol–water partition coefficient (Wildman–Crippen LogP) is 1.79. The van der Waals surface area contributed by atoms with Crippen molar-refractivity contribution in [2.45, 2.75) is 32.2 Å². The Labute approximate surface area is 66.4 Å². The summed E-state index contributed by atoms with van der Waals surface area (Å²) in [5, 5.41) is 0. The topological polar surface area (TPSA) is 39.2 Å². The minimum absolute atomic E-state index is 0.231. The lowest BCUT2D eigenvalue weighted by atomic mass is 10.2. The molecule has 1 unspecified atom stereocenters. The quantitative estimate of drug-likeness (QED) is 0.664. The lowest BCUT2D eigenvalue weighted by molar-refractivity contribution is 0.473. The first-order valence-electron chi connectivity index (χ1n) is 4.18. The number of aryl methyl sites for hydroxylation is 2. The highest BCUT2D eigenvalue weighted by Gasteiger charge is 2.22. The highest BCUT2D eigenvalue weighted by Crippen LogP contribution is 2.31. The third-order valence-electron chi connectivity index (χ3n) is 2.32. The standard InChI is InChI=1S/C9H13NO/c1-2-6-5-7-8(10)3-4-9(7)11-6/h5,8H,2-4,10H2,1H3. The Hall–Kier alpha value is -0.760. The molecule has 0 radical (unpaired) electrons. The van der Waals surface area contributed by atoms with Crippen molar-refractivity contribution < 1.29 is 4.42 Å². The van der Waals surface area contributed by atoms with E-state index in [1.54, 1.807) is 0 Å². The van der Waals surface area contributed by atoms with Gasteiger partial charge in [-0.15, -0.1) is 0 Å². The molecule has 60 valence electrons. The second-order valence-corrected chi connectivity index (χ2v) is 3.09.